The van der Waals surface area contributed by atoms with E-state index < -0.39 is 0 Å². The Morgan fingerprint density at radius 2 is 1.35 bits per heavy atom. The van der Waals surface area contributed by atoms with Crippen molar-refractivity contribution < 1.29 is 9.21 Å². The van der Waals surface area contributed by atoms with Gasteiger partial charge >= 0.3 is 0 Å². The van der Waals surface area contributed by atoms with Crippen molar-refractivity contribution >= 4 is 16.8 Å². The van der Waals surface area contributed by atoms with Crippen molar-refractivity contribution in [1.29, 1.82) is 0 Å². The molecule has 5 rings (SSSR count). The van der Waals surface area contributed by atoms with E-state index in [0.29, 0.717) is 0 Å². The molecule has 0 unspecified atom stereocenters. The van der Waals surface area contributed by atoms with Gasteiger partial charge in [0.05, 0.1) is 0 Å². The Bertz CT molecular complexity index is 1070. The number of furan rings is 1. The number of hydrogen-bond acceptors (Lipinski definition) is 2. The Morgan fingerprint density at radius 1 is 0.652 bits per heavy atom. The lowest BCUT2D eigenvalue weighted by Crippen LogP contribution is -2.08. The van der Waals surface area contributed by atoms with Gasteiger partial charge in [0.2, 0.25) is 0 Å². The molecule has 1 aliphatic rings. The summed E-state index contributed by atoms with van der Waals surface area (Å²) >= 11 is 0. The van der Waals surface area contributed by atoms with Gasteiger partial charge in [-0.3, -0.25) is 4.79 Å². The smallest absolute Gasteiger partial charge is 0.194 e. The average Bonchev–Trinajstić information content (AvgIpc) is 3.01. The molecule has 1 heterocycles. The van der Waals surface area contributed by atoms with Gasteiger partial charge in [0.1, 0.15) is 11.3 Å². The van der Waals surface area contributed by atoms with Crippen molar-refractivity contribution in [2.24, 2.45) is 0 Å². The molecule has 0 spiro atoms. The number of hydrogen-bond donors (Lipinski definition) is 0. The lowest BCUT2D eigenvalue weighted by Gasteiger charge is -2.16. The molecule has 0 saturated carbocycles. The largest absolute Gasteiger partial charge is 0.455 e. The average molecular weight is 296 g/mol. The summed E-state index contributed by atoms with van der Waals surface area (Å²) in [6.07, 6.45) is 0. The van der Waals surface area contributed by atoms with Crippen LogP contribution in [0.4, 0.5) is 0 Å². The number of carbonyl (C=O) groups excluding carboxylic acids is 1. The van der Waals surface area contributed by atoms with Crippen LogP contribution in [0.15, 0.2) is 77.2 Å². The fraction of sp³-hybridized carbons (Fsp3) is 0. The molecule has 2 nitrogen and oxygen atoms in total. The van der Waals surface area contributed by atoms with Crippen molar-refractivity contribution in [3.05, 3.63) is 83.9 Å². The van der Waals surface area contributed by atoms with E-state index >= 15 is 0 Å². The third-order valence-electron chi connectivity index (χ3n) is 4.44. The van der Waals surface area contributed by atoms with Gasteiger partial charge in [-0.1, -0.05) is 66.7 Å². The van der Waals surface area contributed by atoms with Crippen molar-refractivity contribution in [1.82, 2.24) is 0 Å². The monoisotopic (exact) mass is 296 g/mol. The zero-order chi connectivity index (χ0) is 15.4. The fourth-order valence-electron chi connectivity index (χ4n) is 3.43. The number of ketones is 1. The first-order valence-corrected chi connectivity index (χ1v) is 7.59. The topological polar surface area (TPSA) is 30.2 Å². The molecule has 0 atom stereocenters. The number of benzene rings is 3. The maximum atomic E-state index is 12.8. The molecule has 0 bridgehead atoms. The van der Waals surface area contributed by atoms with Gasteiger partial charge in [-0.25, -0.2) is 0 Å². The van der Waals surface area contributed by atoms with E-state index in [-0.39, 0.29) is 5.78 Å². The summed E-state index contributed by atoms with van der Waals surface area (Å²) in [6, 6.07) is 23.5. The molecular formula is C21H12O2. The van der Waals surface area contributed by atoms with Gasteiger partial charge in [0.15, 0.2) is 5.78 Å². The molecule has 2 heteroatoms. The SMILES string of the molecule is O=C1c2ccccc2-c2c(-c3ccccc3)oc3cccc1c23. The second-order valence-electron chi connectivity index (χ2n) is 5.73. The highest BCUT2D eigenvalue weighted by atomic mass is 16.3. The van der Waals surface area contributed by atoms with Crippen LogP contribution in [0.1, 0.15) is 15.9 Å². The van der Waals surface area contributed by atoms with Crippen LogP contribution in [-0.2, 0) is 0 Å². The summed E-state index contributed by atoms with van der Waals surface area (Å²) < 4.78 is 6.15. The summed E-state index contributed by atoms with van der Waals surface area (Å²) in [4.78, 5) is 12.8. The van der Waals surface area contributed by atoms with Crippen molar-refractivity contribution in [3.63, 3.8) is 0 Å². The molecule has 108 valence electrons. The molecule has 23 heavy (non-hydrogen) atoms. The Balaban J connectivity index is 1.98. The molecule has 0 radical (unpaired) electrons. The van der Waals surface area contributed by atoms with Crippen LogP contribution in [0.25, 0.3) is 33.4 Å². The molecule has 0 aliphatic heterocycles. The van der Waals surface area contributed by atoms with Crippen molar-refractivity contribution in [2.75, 3.05) is 0 Å². The third-order valence-corrected chi connectivity index (χ3v) is 4.44. The van der Waals surface area contributed by atoms with E-state index in [1.54, 1.807) is 0 Å². The van der Waals surface area contributed by atoms with E-state index in [2.05, 4.69) is 0 Å². The Labute approximate surface area is 133 Å². The summed E-state index contributed by atoms with van der Waals surface area (Å²) in [7, 11) is 0. The second-order valence-corrected chi connectivity index (χ2v) is 5.73. The van der Waals surface area contributed by atoms with Crippen LogP contribution < -0.4 is 0 Å². The summed E-state index contributed by atoms with van der Waals surface area (Å²) in [5, 5.41) is 0.926. The number of fused-ring (bicyclic) bond motifs is 2. The standard InChI is InChI=1S/C21H12O2/c22-20-15-10-5-4-9-14(15)19-18-16(20)11-6-12-17(18)23-21(19)13-7-2-1-3-8-13/h1-12H. The van der Waals surface area contributed by atoms with Crippen LogP contribution >= 0.6 is 0 Å². The van der Waals surface area contributed by atoms with Crippen LogP contribution in [0.2, 0.25) is 0 Å². The molecule has 0 N–H and O–H groups in total. The molecule has 0 fully saturated rings. The predicted molar refractivity (Wildman–Crippen MR) is 90.5 cm³/mol. The highest BCUT2D eigenvalue weighted by molar-refractivity contribution is 6.27. The maximum Gasteiger partial charge on any atom is 0.194 e. The normalized spacial score (nSPS) is 12.4. The zero-order valence-corrected chi connectivity index (χ0v) is 12.2. The summed E-state index contributed by atoms with van der Waals surface area (Å²) in [5.41, 5.74) is 5.23. The second kappa shape index (κ2) is 4.43. The van der Waals surface area contributed by atoms with E-state index in [1.165, 1.54) is 0 Å². The highest BCUT2D eigenvalue weighted by Crippen LogP contribution is 2.46. The van der Waals surface area contributed by atoms with E-state index in [0.717, 1.165) is 44.5 Å². The molecule has 1 aliphatic carbocycles. The van der Waals surface area contributed by atoms with Crippen LogP contribution in [0, 0.1) is 0 Å². The van der Waals surface area contributed by atoms with Crippen LogP contribution in [0.3, 0.4) is 0 Å². The Morgan fingerprint density at radius 3 is 2.17 bits per heavy atom. The van der Waals surface area contributed by atoms with E-state index in [4.69, 9.17) is 4.42 Å². The number of rotatable bonds is 1. The Hall–Kier alpha value is -3.13. The zero-order valence-electron chi connectivity index (χ0n) is 12.2. The first-order valence-electron chi connectivity index (χ1n) is 7.59. The van der Waals surface area contributed by atoms with Gasteiger partial charge in [0, 0.05) is 27.6 Å². The fourth-order valence-corrected chi connectivity index (χ4v) is 3.43. The molecule has 0 saturated heterocycles. The molecular weight excluding hydrogens is 284 g/mol. The number of carbonyl (C=O) groups is 1. The van der Waals surface area contributed by atoms with E-state index in [1.807, 2.05) is 72.8 Å². The summed E-state index contributed by atoms with van der Waals surface area (Å²) in [5.74, 6) is 0.895. The van der Waals surface area contributed by atoms with E-state index in [9.17, 15) is 4.79 Å². The van der Waals surface area contributed by atoms with Crippen molar-refractivity contribution in [3.8, 4) is 22.5 Å². The van der Waals surface area contributed by atoms with Gasteiger partial charge in [-0.15, -0.1) is 0 Å². The van der Waals surface area contributed by atoms with Gasteiger partial charge in [0.25, 0.3) is 0 Å². The lowest BCUT2D eigenvalue weighted by atomic mass is 9.84. The molecule has 1 aromatic heterocycles. The predicted octanol–water partition coefficient (Wildman–Crippen LogP) is 5.31. The third kappa shape index (κ3) is 1.60. The minimum atomic E-state index is 0.0686. The van der Waals surface area contributed by atoms with Crippen molar-refractivity contribution in [2.45, 2.75) is 0 Å². The Kier molecular flexibility index (Phi) is 2.39. The first kappa shape index (κ1) is 12.4. The first-order chi connectivity index (χ1) is 11.3. The van der Waals surface area contributed by atoms with Crippen LogP contribution in [-0.4, -0.2) is 5.78 Å². The minimum Gasteiger partial charge on any atom is -0.455 e. The molecule has 3 aromatic carbocycles. The van der Waals surface area contributed by atoms with Gasteiger partial charge < -0.3 is 4.42 Å². The molecule has 4 aromatic rings. The minimum absolute atomic E-state index is 0.0686. The molecule has 0 amide bonds. The van der Waals surface area contributed by atoms with Gasteiger partial charge in [-0.05, 0) is 11.6 Å². The maximum absolute atomic E-state index is 12.8. The summed E-state index contributed by atoms with van der Waals surface area (Å²) in [6.45, 7) is 0. The van der Waals surface area contributed by atoms with Gasteiger partial charge in [-0.2, -0.15) is 0 Å². The quantitative estimate of drug-likeness (QED) is 0.419. The highest BCUT2D eigenvalue weighted by Gasteiger charge is 2.30. The van der Waals surface area contributed by atoms with Crippen LogP contribution in [0.5, 0.6) is 0 Å². The lowest BCUT2D eigenvalue weighted by molar-refractivity contribution is 0.104.